The van der Waals surface area contributed by atoms with Gasteiger partial charge in [0.05, 0.1) is 31.3 Å². The molecule has 6 nitrogen and oxygen atoms in total. The highest BCUT2D eigenvalue weighted by molar-refractivity contribution is 9.10. The first-order chi connectivity index (χ1) is 14.3. The van der Waals surface area contributed by atoms with E-state index in [1.165, 1.54) is 0 Å². The molecule has 1 aliphatic heterocycles. The molecular weight excluding hydrogens is 450 g/mol. The Morgan fingerprint density at radius 3 is 2.73 bits per heavy atom. The fourth-order valence-electron chi connectivity index (χ4n) is 3.99. The minimum atomic E-state index is -0.542. The van der Waals surface area contributed by atoms with Crippen LogP contribution in [-0.4, -0.2) is 38.2 Å². The number of ether oxygens (including phenoxy) is 3. The maximum Gasteiger partial charge on any atom is 0.336 e. The molecule has 3 rings (SSSR count). The molecule has 1 unspecified atom stereocenters. The Kier molecular flexibility index (Phi) is 7.36. The van der Waals surface area contributed by atoms with Gasteiger partial charge < -0.3 is 19.5 Å². The number of hydrogen-bond acceptors (Lipinski definition) is 6. The van der Waals surface area contributed by atoms with Gasteiger partial charge >= 0.3 is 5.97 Å². The highest BCUT2D eigenvalue weighted by Crippen LogP contribution is 2.45. The monoisotopic (exact) mass is 477 g/mol. The maximum absolute atomic E-state index is 13.1. The molecule has 30 heavy (non-hydrogen) atoms. The highest BCUT2D eigenvalue weighted by atomic mass is 79.9. The predicted octanol–water partition coefficient (Wildman–Crippen LogP) is 4.39. The lowest BCUT2D eigenvalue weighted by molar-refractivity contribution is -0.141. The predicted molar refractivity (Wildman–Crippen MR) is 117 cm³/mol. The Morgan fingerprint density at radius 2 is 2.03 bits per heavy atom. The minimum Gasteiger partial charge on any atom is -0.496 e. The number of halogens is 1. The van der Waals surface area contributed by atoms with Crippen LogP contribution in [0.2, 0.25) is 0 Å². The molecule has 0 bridgehead atoms. The third-order valence-electron chi connectivity index (χ3n) is 5.27. The van der Waals surface area contributed by atoms with E-state index in [2.05, 4.69) is 21.2 Å². The molecule has 0 aromatic heterocycles. The van der Waals surface area contributed by atoms with Crippen LogP contribution in [0.15, 0.2) is 45.2 Å². The summed E-state index contributed by atoms with van der Waals surface area (Å²) in [6.07, 6.45) is 2.10. The van der Waals surface area contributed by atoms with Gasteiger partial charge in [-0.25, -0.2) is 4.79 Å². The molecule has 0 spiro atoms. The molecule has 0 saturated carbocycles. The van der Waals surface area contributed by atoms with Crippen molar-refractivity contribution in [1.82, 2.24) is 5.32 Å². The zero-order valence-electron chi connectivity index (χ0n) is 17.8. The van der Waals surface area contributed by atoms with Crippen LogP contribution in [0.5, 0.6) is 5.75 Å². The van der Waals surface area contributed by atoms with E-state index in [4.69, 9.17) is 14.2 Å². The van der Waals surface area contributed by atoms with Gasteiger partial charge in [-0.1, -0.05) is 15.9 Å². The van der Waals surface area contributed by atoms with Gasteiger partial charge in [0.1, 0.15) is 12.4 Å². The van der Waals surface area contributed by atoms with E-state index in [1.54, 1.807) is 7.11 Å². The molecule has 0 amide bonds. The average Bonchev–Trinajstić information content (AvgIpc) is 2.70. The van der Waals surface area contributed by atoms with Crippen LogP contribution in [0, 0.1) is 0 Å². The first-order valence-electron chi connectivity index (χ1n) is 10.2. The number of benzene rings is 1. The number of hydrogen-bond donors (Lipinski definition) is 1. The topological polar surface area (TPSA) is 73.9 Å². The van der Waals surface area contributed by atoms with Crippen LogP contribution in [-0.2, 0) is 19.1 Å². The second kappa shape index (κ2) is 9.79. The van der Waals surface area contributed by atoms with Gasteiger partial charge in [0.25, 0.3) is 0 Å². The van der Waals surface area contributed by atoms with Gasteiger partial charge in [0.2, 0.25) is 0 Å². The second-order valence-corrected chi connectivity index (χ2v) is 8.62. The summed E-state index contributed by atoms with van der Waals surface area (Å²) in [5.41, 5.74) is 3.42. The van der Waals surface area contributed by atoms with Crippen molar-refractivity contribution >= 4 is 27.7 Å². The first-order valence-corrected chi connectivity index (χ1v) is 11.0. The van der Waals surface area contributed by atoms with Crippen LogP contribution in [0.4, 0.5) is 0 Å². The van der Waals surface area contributed by atoms with Gasteiger partial charge in [0, 0.05) is 33.4 Å². The molecule has 0 radical (unpaired) electrons. The van der Waals surface area contributed by atoms with E-state index < -0.39 is 11.9 Å². The molecular formula is C23H28BrNO5. The van der Waals surface area contributed by atoms with Gasteiger partial charge in [-0.3, -0.25) is 4.79 Å². The maximum atomic E-state index is 13.1. The van der Waals surface area contributed by atoms with Crippen molar-refractivity contribution < 1.29 is 23.8 Å². The number of ketones is 1. The summed E-state index contributed by atoms with van der Waals surface area (Å²) in [6.45, 7) is 6.17. The van der Waals surface area contributed by atoms with Crippen LogP contribution >= 0.6 is 15.9 Å². The standard InChI is InChI=1S/C23H28BrNO5/c1-13(2)29-10-11-30-23(27)20-14(3)25-17-6-5-7-18(26)22(17)21(20)16-12-15(24)8-9-19(16)28-4/h8-9,12-13,21,25H,5-7,10-11H2,1-4H3. The lowest BCUT2D eigenvalue weighted by Gasteiger charge is -2.34. The number of Topliss-reactive ketones (excluding diaryl/α,β-unsaturated/α-hetero) is 1. The molecule has 162 valence electrons. The number of carbonyl (C=O) groups excluding carboxylic acids is 2. The summed E-state index contributed by atoms with van der Waals surface area (Å²) in [4.78, 5) is 26.1. The summed E-state index contributed by atoms with van der Waals surface area (Å²) in [5.74, 6) is -0.322. The van der Waals surface area contributed by atoms with Crippen LogP contribution < -0.4 is 10.1 Å². The summed E-state index contributed by atoms with van der Waals surface area (Å²) in [7, 11) is 1.59. The lowest BCUT2D eigenvalue weighted by atomic mass is 9.75. The van der Waals surface area contributed by atoms with Crippen molar-refractivity contribution in [2.24, 2.45) is 0 Å². The van der Waals surface area contributed by atoms with Crippen LogP contribution in [0.25, 0.3) is 0 Å². The largest absolute Gasteiger partial charge is 0.496 e. The number of carbonyl (C=O) groups is 2. The summed E-state index contributed by atoms with van der Waals surface area (Å²) >= 11 is 3.51. The molecule has 1 atom stereocenters. The van der Waals surface area contributed by atoms with E-state index in [0.717, 1.165) is 28.6 Å². The average molecular weight is 478 g/mol. The summed E-state index contributed by atoms with van der Waals surface area (Å²) in [5, 5.41) is 3.29. The molecule has 7 heteroatoms. The van der Waals surface area contributed by atoms with Crippen molar-refractivity contribution in [3.63, 3.8) is 0 Å². The number of nitrogens with one attached hydrogen (secondary N) is 1. The van der Waals surface area contributed by atoms with E-state index in [-0.39, 0.29) is 18.5 Å². The first kappa shape index (κ1) is 22.6. The molecule has 1 N–H and O–H groups in total. The number of esters is 1. The van der Waals surface area contributed by atoms with E-state index >= 15 is 0 Å². The smallest absolute Gasteiger partial charge is 0.336 e. The molecule has 0 fully saturated rings. The van der Waals surface area contributed by atoms with E-state index in [9.17, 15) is 9.59 Å². The van der Waals surface area contributed by atoms with Gasteiger partial charge in [-0.05, 0) is 51.8 Å². The Bertz CT molecular complexity index is 903. The fourth-order valence-corrected chi connectivity index (χ4v) is 4.37. The normalized spacial score (nSPS) is 19.0. The minimum absolute atomic E-state index is 0.0525. The van der Waals surface area contributed by atoms with Gasteiger partial charge in [0.15, 0.2) is 5.78 Å². The van der Waals surface area contributed by atoms with Crippen molar-refractivity contribution in [1.29, 1.82) is 0 Å². The lowest BCUT2D eigenvalue weighted by Crippen LogP contribution is -2.34. The Balaban J connectivity index is 2.03. The number of methoxy groups -OCH3 is 1. The number of allylic oxidation sites excluding steroid dienone is 3. The van der Waals surface area contributed by atoms with Crippen molar-refractivity contribution in [3.8, 4) is 5.75 Å². The van der Waals surface area contributed by atoms with Crippen LogP contribution in [0.3, 0.4) is 0 Å². The van der Waals surface area contributed by atoms with Crippen LogP contribution in [0.1, 0.15) is 51.5 Å². The van der Waals surface area contributed by atoms with E-state index in [1.807, 2.05) is 39.0 Å². The highest BCUT2D eigenvalue weighted by Gasteiger charge is 2.40. The molecule has 1 aromatic rings. The van der Waals surface area contributed by atoms with Gasteiger partial charge in [-0.2, -0.15) is 0 Å². The third kappa shape index (κ3) is 4.78. The third-order valence-corrected chi connectivity index (χ3v) is 5.76. The Labute approximate surface area is 185 Å². The SMILES string of the molecule is COc1ccc(Br)cc1C1C(C(=O)OCCOC(C)C)=C(C)NC2=C1C(=O)CCC2. The summed E-state index contributed by atoms with van der Waals surface area (Å²) < 4.78 is 17.4. The fraction of sp³-hybridized carbons (Fsp3) is 0.478. The molecule has 1 aliphatic carbocycles. The zero-order valence-corrected chi connectivity index (χ0v) is 19.4. The Hall–Kier alpha value is -2.12. The quantitative estimate of drug-likeness (QED) is 0.463. The number of rotatable bonds is 7. The van der Waals surface area contributed by atoms with Crippen molar-refractivity contribution in [2.75, 3.05) is 20.3 Å². The summed E-state index contributed by atoms with van der Waals surface area (Å²) in [6, 6.07) is 5.62. The molecule has 2 aliphatic rings. The zero-order chi connectivity index (χ0) is 21.8. The number of dihydropyridines is 1. The van der Waals surface area contributed by atoms with E-state index in [0.29, 0.717) is 35.6 Å². The molecule has 0 saturated heterocycles. The van der Waals surface area contributed by atoms with Crippen molar-refractivity contribution in [3.05, 3.63) is 50.8 Å². The Morgan fingerprint density at radius 1 is 1.27 bits per heavy atom. The van der Waals surface area contributed by atoms with Gasteiger partial charge in [-0.15, -0.1) is 0 Å². The molecule has 1 heterocycles. The van der Waals surface area contributed by atoms with Crippen molar-refractivity contribution in [2.45, 2.75) is 52.1 Å². The second-order valence-electron chi connectivity index (χ2n) is 7.71. The molecule has 1 aromatic carbocycles.